The lowest BCUT2D eigenvalue weighted by molar-refractivity contribution is -0.140. The first kappa shape index (κ1) is 7.15. The van der Waals surface area contributed by atoms with Gasteiger partial charge in [0, 0.05) is 17.5 Å². The Morgan fingerprint density at radius 3 is 3.23 bits per heavy atom. The van der Waals surface area contributed by atoms with Gasteiger partial charge in [0.25, 0.3) is 0 Å². The van der Waals surface area contributed by atoms with E-state index in [-0.39, 0.29) is 5.92 Å². The predicted octanol–water partition coefficient (Wildman–Crippen LogP) is 0.00740. The van der Waals surface area contributed by atoms with E-state index < -0.39 is 12.0 Å². The minimum Gasteiger partial charge on any atom is -0.480 e. The molecule has 1 fully saturated rings. The van der Waals surface area contributed by atoms with Gasteiger partial charge in [-0.3, -0.25) is 4.79 Å². The van der Waals surface area contributed by atoms with Crippen LogP contribution in [0.25, 0.3) is 0 Å². The van der Waals surface area contributed by atoms with Crippen LogP contribution in [0.3, 0.4) is 0 Å². The number of carboxylic acids is 1. The first-order valence-electron chi connectivity index (χ1n) is 4.43. The SMILES string of the molecule is O=C(O)C1NNC2=CC3=CC3CC21. The molecule has 3 atom stereocenters. The lowest BCUT2D eigenvalue weighted by Gasteiger charge is -2.17. The number of aliphatic carboxylic acids is 1. The van der Waals surface area contributed by atoms with Gasteiger partial charge in [-0.25, -0.2) is 5.43 Å². The molecule has 2 aliphatic carbocycles. The molecule has 4 nitrogen and oxygen atoms in total. The molecule has 3 aliphatic rings. The first-order chi connectivity index (χ1) is 6.25. The summed E-state index contributed by atoms with van der Waals surface area (Å²) in [6.07, 6.45) is 5.19. The highest BCUT2D eigenvalue weighted by molar-refractivity contribution is 5.75. The number of rotatable bonds is 1. The van der Waals surface area contributed by atoms with Crippen LogP contribution in [0.1, 0.15) is 6.42 Å². The van der Waals surface area contributed by atoms with Crippen molar-refractivity contribution in [1.29, 1.82) is 0 Å². The summed E-state index contributed by atoms with van der Waals surface area (Å²) in [4.78, 5) is 10.8. The van der Waals surface area contributed by atoms with Crippen molar-refractivity contribution in [3.63, 3.8) is 0 Å². The van der Waals surface area contributed by atoms with E-state index in [9.17, 15) is 4.79 Å². The summed E-state index contributed by atoms with van der Waals surface area (Å²) in [7, 11) is 0. The Balaban J connectivity index is 1.90. The number of hydrogen-bond acceptors (Lipinski definition) is 3. The molecule has 0 amide bonds. The fourth-order valence-corrected chi connectivity index (χ4v) is 2.17. The standard InChI is InChI=1S/C9H10N2O2/c12-9(13)8-6-2-4-1-5(4)3-7(6)10-11-8/h1,3-4,6,8,10-11H,2H2,(H,12,13). The van der Waals surface area contributed by atoms with E-state index in [2.05, 4.69) is 23.0 Å². The van der Waals surface area contributed by atoms with Crippen LogP contribution >= 0.6 is 0 Å². The zero-order chi connectivity index (χ0) is 9.00. The number of carbonyl (C=O) groups is 1. The molecule has 0 saturated carbocycles. The molecular formula is C9H10N2O2. The summed E-state index contributed by atoms with van der Waals surface area (Å²) >= 11 is 0. The van der Waals surface area contributed by atoms with Crippen molar-refractivity contribution in [3.8, 4) is 0 Å². The van der Waals surface area contributed by atoms with Crippen molar-refractivity contribution in [2.75, 3.05) is 0 Å². The quantitative estimate of drug-likeness (QED) is 0.529. The summed E-state index contributed by atoms with van der Waals surface area (Å²) in [5, 5.41) is 8.91. The Labute approximate surface area is 75.3 Å². The summed E-state index contributed by atoms with van der Waals surface area (Å²) in [5.74, 6) is -0.0905. The van der Waals surface area contributed by atoms with Crippen LogP contribution in [0.2, 0.25) is 0 Å². The van der Waals surface area contributed by atoms with Crippen molar-refractivity contribution in [2.24, 2.45) is 11.8 Å². The van der Waals surface area contributed by atoms with Crippen molar-refractivity contribution < 1.29 is 9.90 Å². The van der Waals surface area contributed by atoms with Gasteiger partial charge >= 0.3 is 5.97 Å². The second-order valence-electron chi connectivity index (χ2n) is 3.80. The summed E-state index contributed by atoms with van der Waals surface area (Å²) in [5.41, 5.74) is 8.12. The largest absolute Gasteiger partial charge is 0.480 e. The third-order valence-corrected chi connectivity index (χ3v) is 2.98. The van der Waals surface area contributed by atoms with Gasteiger partial charge in [-0.2, -0.15) is 0 Å². The molecule has 1 heterocycles. The van der Waals surface area contributed by atoms with Crippen LogP contribution in [-0.2, 0) is 4.79 Å². The third kappa shape index (κ3) is 0.920. The molecule has 0 radical (unpaired) electrons. The van der Waals surface area contributed by atoms with Crippen LogP contribution in [0.5, 0.6) is 0 Å². The molecule has 3 rings (SSSR count). The topological polar surface area (TPSA) is 61.4 Å². The van der Waals surface area contributed by atoms with Gasteiger partial charge in [-0.1, -0.05) is 6.08 Å². The van der Waals surface area contributed by atoms with E-state index in [1.165, 1.54) is 5.57 Å². The highest BCUT2D eigenvalue weighted by Crippen LogP contribution is 2.44. The minimum absolute atomic E-state index is 0.130. The molecule has 3 unspecified atom stereocenters. The lowest BCUT2D eigenvalue weighted by Crippen LogP contribution is -2.38. The summed E-state index contributed by atoms with van der Waals surface area (Å²) in [6.45, 7) is 0. The molecule has 0 aromatic carbocycles. The van der Waals surface area contributed by atoms with Gasteiger partial charge in [0.2, 0.25) is 0 Å². The van der Waals surface area contributed by atoms with Crippen LogP contribution in [0.4, 0.5) is 0 Å². The fraction of sp³-hybridized carbons (Fsp3) is 0.444. The van der Waals surface area contributed by atoms with Crippen molar-refractivity contribution in [3.05, 3.63) is 23.4 Å². The number of fused-ring (bicyclic) bond motifs is 2. The Morgan fingerprint density at radius 2 is 2.46 bits per heavy atom. The second kappa shape index (κ2) is 2.14. The zero-order valence-electron chi connectivity index (χ0n) is 6.95. The van der Waals surface area contributed by atoms with Gasteiger partial charge in [0.05, 0.1) is 0 Å². The molecule has 0 aromatic heterocycles. The Kier molecular flexibility index (Phi) is 1.18. The molecule has 0 aromatic rings. The Hall–Kier alpha value is -1.29. The highest BCUT2D eigenvalue weighted by Gasteiger charge is 2.43. The molecule has 1 aliphatic heterocycles. The number of hydrogen-bond donors (Lipinski definition) is 3. The maximum absolute atomic E-state index is 10.8. The Morgan fingerprint density at radius 1 is 1.62 bits per heavy atom. The Bertz CT molecular complexity index is 346. The molecule has 4 heteroatoms. The van der Waals surface area contributed by atoms with E-state index in [4.69, 9.17) is 5.11 Å². The van der Waals surface area contributed by atoms with E-state index >= 15 is 0 Å². The zero-order valence-corrected chi connectivity index (χ0v) is 6.95. The molecule has 3 N–H and O–H groups in total. The maximum atomic E-state index is 10.8. The predicted molar refractivity (Wildman–Crippen MR) is 45.5 cm³/mol. The monoisotopic (exact) mass is 178 g/mol. The highest BCUT2D eigenvalue weighted by atomic mass is 16.4. The van der Waals surface area contributed by atoms with Gasteiger partial charge in [0.1, 0.15) is 6.04 Å². The summed E-state index contributed by atoms with van der Waals surface area (Å²) in [6, 6.07) is -0.457. The minimum atomic E-state index is -0.773. The molecule has 68 valence electrons. The van der Waals surface area contributed by atoms with Gasteiger partial charge in [0.15, 0.2) is 0 Å². The van der Waals surface area contributed by atoms with E-state index in [0.29, 0.717) is 5.92 Å². The smallest absolute Gasteiger partial charge is 0.323 e. The van der Waals surface area contributed by atoms with E-state index in [1.807, 2.05) is 0 Å². The van der Waals surface area contributed by atoms with Gasteiger partial charge in [-0.15, -0.1) is 0 Å². The number of nitrogens with one attached hydrogen (secondary N) is 2. The molecule has 0 spiro atoms. The van der Waals surface area contributed by atoms with Crippen molar-refractivity contribution in [2.45, 2.75) is 12.5 Å². The lowest BCUT2D eigenvalue weighted by atomic mass is 9.87. The average molecular weight is 178 g/mol. The first-order valence-corrected chi connectivity index (χ1v) is 4.43. The number of allylic oxidation sites excluding steroid dienone is 3. The second-order valence-corrected chi connectivity index (χ2v) is 3.80. The maximum Gasteiger partial charge on any atom is 0.323 e. The number of hydrazine groups is 1. The van der Waals surface area contributed by atoms with Crippen LogP contribution in [-0.4, -0.2) is 17.1 Å². The van der Waals surface area contributed by atoms with Crippen LogP contribution < -0.4 is 10.9 Å². The van der Waals surface area contributed by atoms with E-state index in [1.54, 1.807) is 0 Å². The van der Waals surface area contributed by atoms with Crippen molar-refractivity contribution >= 4 is 5.97 Å². The molecule has 0 bridgehead atoms. The average Bonchev–Trinajstić information content (AvgIpc) is 2.70. The van der Waals surface area contributed by atoms with Crippen LogP contribution in [0.15, 0.2) is 23.4 Å². The number of carboxylic acid groups (broad SMARTS) is 1. The van der Waals surface area contributed by atoms with E-state index in [0.717, 1.165) is 12.1 Å². The third-order valence-electron chi connectivity index (χ3n) is 2.98. The normalized spacial score (nSPS) is 39.5. The molecule has 13 heavy (non-hydrogen) atoms. The van der Waals surface area contributed by atoms with Crippen molar-refractivity contribution in [1.82, 2.24) is 10.9 Å². The summed E-state index contributed by atoms with van der Waals surface area (Å²) < 4.78 is 0. The van der Waals surface area contributed by atoms with Gasteiger partial charge in [-0.05, 0) is 18.1 Å². The molecule has 1 saturated heterocycles. The van der Waals surface area contributed by atoms with Crippen LogP contribution in [0, 0.1) is 11.8 Å². The fourth-order valence-electron chi connectivity index (χ4n) is 2.17. The molecular weight excluding hydrogens is 168 g/mol. The van der Waals surface area contributed by atoms with Gasteiger partial charge < -0.3 is 10.5 Å².